The first kappa shape index (κ1) is 22.5. The summed E-state index contributed by atoms with van der Waals surface area (Å²) in [6, 6.07) is 16.3. The summed E-state index contributed by atoms with van der Waals surface area (Å²) in [5.41, 5.74) is 1.20. The third-order valence-electron chi connectivity index (χ3n) is 5.79. The lowest BCUT2D eigenvalue weighted by Gasteiger charge is -2.24. The van der Waals surface area contributed by atoms with E-state index in [4.69, 9.17) is 9.47 Å². The second kappa shape index (κ2) is 8.84. The number of anilines is 1. The number of fused-ring (bicyclic) bond motifs is 1. The Kier molecular flexibility index (Phi) is 5.70. The Morgan fingerprint density at radius 3 is 2.49 bits per heavy atom. The lowest BCUT2D eigenvalue weighted by molar-refractivity contribution is -0.132. The van der Waals surface area contributed by atoms with E-state index in [1.54, 1.807) is 49.6 Å². The first-order chi connectivity index (χ1) is 16.9. The molecule has 35 heavy (non-hydrogen) atoms. The molecule has 0 bridgehead atoms. The van der Waals surface area contributed by atoms with Gasteiger partial charge in [0.05, 0.1) is 30.0 Å². The van der Waals surface area contributed by atoms with Crippen LogP contribution in [0.1, 0.15) is 17.2 Å². The van der Waals surface area contributed by atoms with Crippen molar-refractivity contribution in [2.45, 2.75) is 6.04 Å². The number of methoxy groups -OCH3 is 2. The molecule has 176 valence electrons. The lowest BCUT2D eigenvalue weighted by Crippen LogP contribution is -2.29. The van der Waals surface area contributed by atoms with Crippen molar-refractivity contribution in [2.75, 3.05) is 19.1 Å². The topological polar surface area (TPSA) is 89.0 Å². The summed E-state index contributed by atoms with van der Waals surface area (Å²) >= 11 is 1.22. The zero-order chi connectivity index (χ0) is 24.7. The largest absolute Gasteiger partial charge is 0.507 e. The predicted octanol–water partition coefficient (Wildman–Crippen LogP) is 5.08. The number of rotatable bonds is 5. The van der Waals surface area contributed by atoms with Gasteiger partial charge in [-0.25, -0.2) is 9.37 Å². The minimum absolute atomic E-state index is 0.136. The zero-order valence-corrected chi connectivity index (χ0v) is 19.5. The van der Waals surface area contributed by atoms with Crippen LogP contribution in [0.2, 0.25) is 0 Å². The van der Waals surface area contributed by atoms with Crippen molar-refractivity contribution in [2.24, 2.45) is 0 Å². The van der Waals surface area contributed by atoms with Crippen LogP contribution in [-0.2, 0) is 9.59 Å². The van der Waals surface area contributed by atoms with Crippen LogP contribution in [0.5, 0.6) is 11.5 Å². The molecule has 1 atom stereocenters. The molecule has 1 amide bonds. The zero-order valence-electron chi connectivity index (χ0n) is 18.7. The van der Waals surface area contributed by atoms with E-state index in [2.05, 4.69) is 4.98 Å². The van der Waals surface area contributed by atoms with E-state index in [0.717, 1.165) is 4.70 Å². The van der Waals surface area contributed by atoms with Gasteiger partial charge in [-0.2, -0.15) is 0 Å². The van der Waals surface area contributed by atoms with Gasteiger partial charge >= 0.3 is 5.91 Å². The Balaban J connectivity index is 1.74. The molecule has 1 aromatic heterocycles. The van der Waals surface area contributed by atoms with Gasteiger partial charge in [0.15, 0.2) is 5.13 Å². The van der Waals surface area contributed by atoms with Gasteiger partial charge in [-0.3, -0.25) is 14.5 Å². The molecule has 3 aromatic carbocycles. The van der Waals surface area contributed by atoms with E-state index in [9.17, 15) is 19.1 Å². The maximum absolute atomic E-state index is 13.5. The molecule has 7 nitrogen and oxygen atoms in total. The summed E-state index contributed by atoms with van der Waals surface area (Å²) < 4.78 is 25.0. The van der Waals surface area contributed by atoms with E-state index in [1.807, 2.05) is 0 Å². The van der Waals surface area contributed by atoms with Crippen molar-refractivity contribution in [3.05, 3.63) is 89.2 Å². The second-order valence-electron chi connectivity index (χ2n) is 7.75. The molecule has 4 aromatic rings. The van der Waals surface area contributed by atoms with Crippen LogP contribution in [-0.4, -0.2) is 36.0 Å². The number of benzene rings is 3. The van der Waals surface area contributed by atoms with Gasteiger partial charge in [-0.05, 0) is 48.5 Å². The maximum Gasteiger partial charge on any atom is 0.301 e. The number of hydrogen-bond acceptors (Lipinski definition) is 7. The van der Waals surface area contributed by atoms with Gasteiger partial charge in [0, 0.05) is 11.1 Å². The molecule has 0 aliphatic carbocycles. The summed E-state index contributed by atoms with van der Waals surface area (Å²) in [6.45, 7) is 0. The van der Waals surface area contributed by atoms with Crippen LogP contribution in [0, 0.1) is 5.82 Å². The van der Waals surface area contributed by atoms with Crippen LogP contribution in [0.3, 0.4) is 0 Å². The number of carbonyl (C=O) groups excluding carboxylic acids is 2. The number of nitrogens with zero attached hydrogens (tertiary/aromatic N) is 2. The summed E-state index contributed by atoms with van der Waals surface area (Å²) in [7, 11) is 3.04. The third kappa shape index (κ3) is 3.79. The van der Waals surface area contributed by atoms with E-state index >= 15 is 0 Å². The molecule has 2 heterocycles. The highest BCUT2D eigenvalue weighted by atomic mass is 32.1. The molecule has 1 aliphatic heterocycles. The van der Waals surface area contributed by atoms with Crippen molar-refractivity contribution >= 4 is 44.1 Å². The van der Waals surface area contributed by atoms with Crippen LogP contribution >= 0.6 is 11.3 Å². The molecule has 0 unspecified atom stereocenters. The number of halogens is 1. The van der Waals surface area contributed by atoms with E-state index in [-0.39, 0.29) is 16.3 Å². The van der Waals surface area contributed by atoms with Crippen molar-refractivity contribution in [1.82, 2.24) is 4.98 Å². The third-order valence-corrected chi connectivity index (χ3v) is 6.80. The number of hydrogen-bond donors (Lipinski definition) is 1. The SMILES string of the molecule is COc1ccc2nc(N3C(=O)C(=O)/C(=C(/O)c4ccc(F)cc4)[C@@H]3c3ccccc3OC)sc2c1. The van der Waals surface area contributed by atoms with Crippen molar-refractivity contribution in [3.63, 3.8) is 0 Å². The number of ether oxygens (including phenoxy) is 2. The molecule has 0 saturated carbocycles. The first-order valence-corrected chi connectivity index (χ1v) is 11.4. The Bertz CT molecular complexity index is 1500. The number of amides is 1. The lowest BCUT2D eigenvalue weighted by atomic mass is 9.94. The fraction of sp³-hybridized carbons (Fsp3) is 0.115. The molecule has 9 heteroatoms. The van der Waals surface area contributed by atoms with Gasteiger partial charge in [-0.1, -0.05) is 29.5 Å². The van der Waals surface area contributed by atoms with Gasteiger partial charge in [0.2, 0.25) is 0 Å². The summed E-state index contributed by atoms with van der Waals surface area (Å²) in [5, 5.41) is 11.4. The molecule has 1 aliphatic rings. The average molecular weight is 491 g/mol. The molecular formula is C26H19FN2O5S. The van der Waals surface area contributed by atoms with Crippen molar-refractivity contribution < 1.29 is 28.6 Å². The summed E-state index contributed by atoms with van der Waals surface area (Å²) in [6.07, 6.45) is 0. The Morgan fingerprint density at radius 2 is 1.77 bits per heavy atom. The predicted molar refractivity (Wildman–Crippen MR) is 130 cm³/mol. The van der Waals surface area contributed by atoms with Gasteiger partial charge in [0.25, 0.3) is 5.78 Å². The average Bonchev–Trinajstić information content (AvgIpc) is 3.41. The summed E-state index contributed by atoms with van der Waals surface area (Å²) in [4.78, 5) is 32.5. The Labute approximate surface area is 203 Å². The molecule has 1 N–H and O–H groups in total. The quantitative estimate of drug-likeness (QED) is 0.239. The second-order valence-corrected chi connectivity index (χ2v) is 8.76. The highest BCUT2D eigenvalue weighted by Gasteiger charge is 2.49. The van der Waals surface area contributed by atoms with E-state index in [0.29, 0.717) is 22.6 Å². The molecule has 5 rings (SSSR count). The fourth-order valence-electron chi connectivity index (χ4n) is 4.10. The Morgan fingerprint density at radius 1 is 1.03 bits per heavy atom. The smallest absolute Gasteiger partial charge is 0.301 e. The fourth-order valence-corrected chi connectivity index (χ4v) is 5.12. The Hall–Kier alpha value is -4.24. The minimum Gasteiger partial charge on any atom is -0.507 e. The van der Waals surface area contributed by atoms with Crippen LogP contribution in [0.4, 0.5) is 9.52 Å². The van der Waals surface area contributed by atoms with E-state index in [1.165, 1.54) is 47.6 Å². The van der Waals surface area contributed by atoms with Crippen LogP contribution in [0.15, 0.2) is 72.3 Å². The van der Waals surface area contributed by atoms with Crippen molar-refractivity contribution in [1.29, 1.82) is 0 Å². The number of aromatic nitrogens is 1. The van der Waals surface area contributed by atoms with E-state index < -0.39 is 29.3 Å². The number of aliphatic hydroxyl groups excluding tert-OH is 1. The number of para-hydroxylation sites is 1. The number of thiazole rings is 1. The monoisotopic (exact) mass is 490 g/mol. The first-order valence-electron chi connectivity index (χ1n) is 10.6. The number of carbonyl (C=O) groups is 2. The highest BCUT2D eigenvalue weighted by molar-refractivity contribution is 7.22. The summed E-state index contributed by atoms with van der Waals surface area (Å²) in [5.74, 6) is -1.56. The molecule has 0 spiro atoms. The number of aliphatic hydroxyl groups is 1. The number of ketones is 1. The van der Waals surface area contributed by atoms with Crippen LogP contribution in [0.25, 0.3) is 16.0 Å². The maximum atomic E-state index is 13.5. The van der Waals surface area contributed by atoms with Crippen LogP contribution < -0.4 is 14.4 Å². The highest BCUT2D eigenvalue weighted by Crippen LogP contribution is 2.46. The molecular weight excluding hydrogens is 471 g/mol. The number of Topliss-reactive ketones (excluding diaryl/α,β-unsaturated/α-hetero) is 1. The standard InChI is InChI=1S/C26H19FN2O5S/c1-33-16-11-12-18-20(13-16)35-26(28-18)29-22(17-5-3-4-6-19(17)34-2)21(24(31)25(29)32)23(30)14-7-9-15(27)10-8-14/h3-13,22,30H,1-2H3/b23-21+/t22-/m0/s1. The van der Waals surface area contributed by atoms with Gasteiger partial charge in [-0.15, -0.1) is 0 Å². The minimum atomic E-state index is -1.02. The molecule has 1 saturated heterocycles. The van der Waals surface area contributed by atoms with Gasteiger partial charge in [0.1, 0.15) is 29.1 Å². The van der Waals surface area contributed by atoms with Gasteiger partial charge < -0.3 is 14.6 Å². The van der Waals surface area contributed by atoms with Crippen molar-refractivity contribution in [3.8, 4) is 11.5 Å². The molecule has 1 fully saturated rings. The normalized spacial score (nSPS) is 17.2. The molecule has 0 radical (unpaired) electrons.